The first-order chi connectivity index (χ1) is 7.88. The Morgan fingerprint density at radius 1 is 1.31 bits per heavy atom. The first-order valence-electron chi connectivity index (χ1n) is 5.14. The molecule has 0 bridgehead atoms. The molecule has 80 valence electrons. The second-order valence-electron chi connectivity index (χ2n) is 3.60. The van der Waals surface area contributed by atoms with Crippen molar-refractivity contribution < 1.29 is 4.74 Å². The fraction of sp³-hybridized carbons (Fsp3) is 0.167. The van der Waals surface area contributed by atoms with E-state index in [2.05, 4.69) is 27.4 Å². The van der Waals surface area contributed by atoms with Gasteiger partial charge in [-0.3, -0.25) is 0 Å². The molecule has 0 spiro atoms. The second kappa shape index (κ2) is 3.48. The van der Waals surface area contributed by atoms with Crippen molar-refractivity contribution in [3.05, 3.63) is 36.0 Å². The van der Waals surface area contributed by atoms with Gasteiger partial charge in [0.2, 0.25) is 5.95 Å². The largest absolute Gasteiger partial charge is 0.485 e. The molecule has 2 aromatic rings. The highest BCUT2D eigenvalue weighted by Crippen LogP contribution is 2.35. The van der Waals surface area contributed by atoms with Gasteiger partial charge < -0.3 is 10.1 Å². The van der Waals surface area contributed by atoms with E-state index in [9.17, 15) is 0 Å². The van der Waals surface area contributed by atoms with Crippen LogP contribution in [0.2, 0.25) is 0 Å². The first-order valence-corrected chi connectivity index (χ1v) is 5.14. The van der Waals surface area contributed by atoms with Gasteiger partial charge in [0.05, 0.1) is 6.20 Å². The number of fused-ring (bicyclic) bond motifs is 3. The Morgan fingerprint density at radius 2 is 2.19 bits per heavy atom. The normalized spacial score (nSPS) is 12.3. The van der Waals surface area contributed by atoms with Crippen molar-refractivity contribution in [2.24, 2.45) is 0 Å². The van der Waals surface area contributed by atoms with Crippen molar-refractivity contribution >= 4 is 5.95 Å². The highest BCUT2D eigenvalue weighted by Gasteiger charge is 2.18. The summed E-state index contributed by atoms with van der Waals surface area (Å²) in [5.74, 6) is 1.36. The van der Waals surface area contributed by atoms with Gasteiger partial charge in [0.15, 0.2) is 5.75 Å². The Morgan fingerprint density at radius 3 is 3.06 bits per heavy atom. The van der Waals surface area contributed by atoms with Crippen LogP contribution in [0.15, 0.2) is 30.5 Å². The van der Waals surface area contributed by atoms with Crippen LogP contribution in [0.25, 0.3) is 11.3 Å². The fourth-order valence-electron chi connectivity index (χ4n) is 1.82. The summed E-state index contributed by atoms with van der Waals surface area (Å²) in [5, 5.41) is 2.93. The lowest BCUT2D eigenvalue weighted by Crippen LogP contribution is -2.08. The molecule has 1 aromatic heterocycles. The maximum atomic E-state index is 5.60. The van der Waals surface area contributed by atoms with Gasteiger partial charge in [0, 0.05) is 12.6 Å². The van der Waals surface area contributed by atoms with E-state index in [1.807, 2.05) is 12.1 Å². The van der Waals surface area contributed by atoms with Gasteiger partial charge in [-0.15, -0.1) is 0 Å². The number of ether oxygens (including phenoxy) is 1. The second-order valence-corrected chi connectivity index (χ2v) is 3.60. The summed E-state index contributed by atoms with van der Waals surface area (Å²) in [6.45, 7) is 0.589. The molecular formula is C12H11N3O. The van der Waals surface area contributed by atoms with Crippen molar-refractivity contribution in [2.75, 3.05) is 12.4 Å². The lowest BCUT2D eigenvalue weighted by molar-refractivity contribution is 0.299. The van der Waals surface area contributed by atoms with Crippen LogP contribution in [-0.2, 0) is 6.61 Å². The quantitative estimate of drug-likeness (QED) is 0.787. The van der Waals surface area contributed by atoms with Crippen LogP contribution in [0, 0.1) is 0 Å². The minimum absolute atomic E-state index is 0.589. The molecule has 1 aromatic carbocycles. The molecule has 0 saturated heterocycles. The zero-order valence-corrected chi connectivity index (χ0v) is 8.90. The van der Waals surface area contributed by atoms with Gasteiger partial charge in [0.1, 0.15) is 12.3 Å². The summed E-state index contributed by atoms with van der Waals surface area (Å²) >= 11 is 0. The summed E-state index contributed by atoms with van der Waals surface area (Å²) < 4.78 is 5.60. The summed E-state index contributed by atoms with van der Waals surface area (Å²) in [7, 11) is 1.80. The zero-order chi connectivity index (χ0) is 11.0. The van der Waals surface area contributed by atoms with Gasteiger partial charge in [-0.2, -0.15) is 0 Å². The van der Waals surface area contributed by atoms with E-state index in [0.717, 1.165) is 22.6 Å². The zero-order valence-electron chi connectivity index (χ0n) is 8.90. The molecule has 4 heteroatoms. The predicted molar refractivity (Wildman–Crippen MR) is 61.3 cm³/mol. The molecule has 16 heavy (non-hydrogen) atoms. The predicted octanol–water partition coefficient (Wildman–Crippen LogP) is 2.08. The third-order valence-corrected chi connectivity index (χ3v) is 2.63. The Labute approximate surface area is 93.3 Å². The molecule has 0 atom stereocenters. The number of benzene rings is 1. The summed E-state index contributed by atoms with van der Waals surface area (Å²) in [4.78, 5) is 8.56. The van der Waals surface area contributed by atoms with E-state index in [1.165, 1.54) is 0 Å². The Bertz CT molecular complexity index is 540. The van der Waals surface area contributed by atoms with Crippen molar-refractivity contribution in [1.82, 2.24) is 9.97 Å². The van der Waals surface area contributed by atoms with E-state index < -0.39 is 0 Å². The molecule has 2 heterocycles. The Balaban J connectivity index is 2.22. The molecule has 0 aliphatic carbocycles. The number of hydrogen-bond acceptors (Lipinski definition) is 4. The van der Waals surface area contributed by atoms with E-state index in [4.69, 9.17) is 4.74 Å². The van der Waals surface area contributed by atoms with E-state index in [0.29, 0.717) is 12.6 Å². The van der Waals surface area contributed by atoms with Gasteiger partial charge in [-0.1, -0.05) is 24.3 Å². The van der Waals surface area contributed by atoms with Crippen LogP contribution in [0.3, 0.4) is 0 Å². The van der Waals surface area contributed by atoms with E-state index in [-0.39, 0.29) is 0 Å². The number of nitrogens with one attached hydrogen (secondary N) is 1. The minimum Gasteiger partial charge on any atom is -0.485 e. The van der Waals surface area contributed by atoms with Crippen LogP contribution in [-0.4, -0.2) is 17.0 Å². The fourth-order valence-corrected chi connectivity index (χ4v) is 1.82. The third kappa shape index (κ3) is 1.31. The molecule has 1 aliphatic heterocycles. The van der Waals surface area contributed by atoms with E-state index in [1.54, 1.807) is 13.2 Å². The molecule has 0 radical (unpaired) electrons. The Kier molecular flexibility index (Phi) is 1.99. The molecule has 4 nitrogen and oxygen atoms in total. The maximum absolute atomic E-state index is 5.60. The first kappa shape index (κ1) is 9.15. The maximum Gasteiger partial charge on any atom is 0.223 e. The van der Waals surface area contributed by atoms with Gasteiger partial charge in [-0.25, -0.2) is 9.97 Å². The standard InChI is InChI=1S/C12H11N3O/c1-13-12-14-6-10-11(15-12)9-5-3-2-4-8(9)7-16-10/h2-6H,7H2,1H3,(H,13,14,15). The SMILES string of the molecule is CNc1ncc2c(n1)-c1ccccc1CO2. The minimum atomic E-state index is 0.589. The molecule has 3 rings (SSSR count). The topological polar surface area (TPSA) is 47.0 Å². The van der Waals surface area contributed by atoms with Crippen LogP contribution in [0.4, 0.5) is 5.95 Å². The molecule has 1 N–H and O–H groups in total. The number of rotatable bonds is 1. The lowest BCUT2D eigenvalue weighted by atomic mass is 10.0. The number of hydrogen-bond donors (Lipinski definition) is 1. The smallest absolute Gasteiger partial charge is 0.223 e. The summed E-state index contributed by atoms with van der Waals surface area (Å²) in [6.07, 6.45) is 1.71. The highest BCUT2D eigenvalue weighted by molar-refractivity contribution is 5.71. The van der Waals surface area contributed by atoms with Gasteiger partial charge in [0.25, 0.3) is 0 Å². The van der Waals surface area contributed by atoms with Crippen LogP contribution < -0.4 is 10.1 Å². The summed E-state index contributed by atoms with van der Waals surface area (Å²) in [5.41, 5.74) is 3.15. The van der Waals surface area contributed by atoms with Gasteiger partial charge >= 0.3 is 0 Å². The monoisotopic (exact) mass is 213 g/mol. The molecule has 0 saturated carbocycles. The Hall–Kier alpha value is -2.10. The number of anilines is 1. The lowest BCUT2D eigenvalue weighted by Gasteiger charge is -2.19. The van der Waals surface area contributed by atoms with Gasteiger partial charge in [-0.05, 0) is 5.56 Å². The molecule has 0 unspecified atom stereocenters. The molecule has 0 amide bonds. The number of aromatic nitrogens is 2. The summed E-state index contributed by atoms with van der Waals surface area (Å²) in [6, 6.07) is 8.13. The third-order valence-electron chi connectivity index (χ3n) is 2.63. The van der Waals surface area contributed by atoms with Crippen molar-refractivity contribution in [2.45, 2.75) is 6.61 Å². The highest BCUT2D eigenvalue weighted by atomic mass is 16.5. The average molecular weight is 213 g/mol. The van der Waals surface area contributed by atoms with Crippen molar-refractivity contribution in [1.29, 1.82) is 0 Å². The molecular weight excluding hydrogens is 202 g/mol. The van der Waals surface area contributed by atoms with E-state index >= 15 is 0 Å². The number of nitrogens with zero attached hydrogens (tertiary/aromatic N) is 2. The average Bonchev–Trinajstić information content (AvgIpc) is 2.38. The van der Waals surface area contributed by atoms with Crippen molar-refractivity contribution in [3.8, 4) is 17.0 Å². The molecule has 0 fully saturated rings. The van der Waals surface area contributed by atoms with Crippen molar-refractivity contribution in [3.63, 3.8) is 0 Å². The van der Waals surface area contributed by atoms with Crippen LogP contribution >= 0.6 is 0 Å². The van der Waals surface area contributed by atoms with Crippen LogP contribution in [0.5, 0.6) is 5.75 Å². The van der Waals surface area contributed by atoms with Crippen LogP contribution in [0.1, 0.15) is 5.56 Å². The molecule has 1 aliphatic rings.